The predicted molar refractivity (Wildman–Crippen MR) is 72.3 cm³/mol. The van der Waals surface area contributed by atoms with Gasteiger partial charge in [-0.15, -0.1) is 0 Å². The summed E-state index contributed by atoms with van der Waals surface area (Å²) in [4.78, 5) is 0. The van der Waals surface area contributed by atoms with Gasteiger partial charge < -0.3 is 10.5 Å². The molecular formula is C15H20N2O. The van der Waals surface area contributed by atoms with Crippen LogP contribution in [0.3, 0.4) is 0 Å². The normalized spacial score (nSPS) is 16.8. The van der Waals surface area contributed by atoms with Crippen molar-refractivity contribution in [3.05, 3.63) is 23.8 Å². The maximum absolute atomic E-state index is 8.75. The molecule has 0 aliphatic heterocycles. The zero-order valence-corrected chi connectivity index (χ0v) is 10.7. The lowest BCUT2D eigenvalue weighted by Gasteiger charge is -2.17. The molecule has 0 atom stereocenters. The second-order valence-corrected chi connectivity index (χ2v) is 4.93. The van der Waals surface area contributed by atoms with Gasteiger partial charge in [0.05, 0.1) is 18.6 Å². The Bertz CT molecular complexity index is 429. The maximum Gasteiger partial charge on any atom is 0.120 e. The molecule has 3 nitrogen and oxygen atoms in total. The Balaban J connectivity index is 2.04. The molecule has 0 spiro atoms. The van der Waals surface area contributed by atoms with Gasteiger partial charge in [0, 0.05) is 5.69 Å². The third-order valence-electron chi connectivity index (χ3n) is 3.49. The molecule has 0 amide bonds. The van der Waals surface area contributed by atoms with Crippen molar-refractivity contribution in [2.24, 2.45) is 0 Å². The molecule has 18 heavy (non-hydrogen) atoms. The molecule has 0 saturated heterocycles. The van der Waals surface area contributed by atoms with Crippen LogP contribution in [0.15, 0.2) is 18.2 Å². The molecule has 2 N–H and O–H groups in total. The zero-order valence-electron chi connectivity index (χ0n) is 10.7. The number of hydrogen-bond donors (Lipinski definition) is 1. The molecule has 2 rings (SSSR count). The highest BCUT2D eigenvalue weighted by molar-refractivity contribution is 5.51. The van der Waals surface area contributed by atoms with E-state index in [1.54, 1.807) is 0 Å². The van der Waals surface area contributed by atoms with Gasteiger partial charge in [0.2, 0.25) is 0 Å². The van der Waals surface area contributed by atoms with E-state index in [1.165, 1.54) is 25.7 Å². The number of ether oxygens (including phenoxy) is 1. The zero-order chi connectivity index (χ0) is 12.8. The Morgan fingerprint density at radius 2 is 1.94 bits per heavy atom. The molecule has 0 heterocycles. The van der Waals surface area contributed by atoms with E-state index < -0.39 is 0 Å². The highest BCUT2D eigenvalue weighted by Crippen LogP contribution is 2.25. The van der Waals surface area contributed by atoms with Crippen molar-refractivity contribution >= 4 is 5.69 Å². The standard InChI is InChI=1S/C15H20N2O/c16-10-9-12-11-14(7-8-15(12)17)18-13-5-3-1-2-4-6-13/h7-8,11,13H,1-6,9,17H2. The van der Waals surface area contributed by atoms with Crippen molar-refractivity contribution in [1.29, 1.82) is 5.26 Å². The first-order valence-corrected chi connectivity index (χ1v) is 6.71. The summed E-state index contributed by atoms with van der Waals surface area (Å²) < 4.78 is 6.01. The summed E-state index contributed by atoms with van der Waals surface area (Å²) in [5.74, 6) is 0.848. The molecule has 0 radical (unpaired) electrons. The molecule has 1 aliphatic carbocycles. The smallest absolute Gasteiger partial charge is 0.120 e. The van der Waals surface area contributed by atoms with Crippen molar-refractivity contribution in [3.63, 3.8) is 0 Å². The van der Waals surface area contributed by atoms with Gasteiger partial charge in [-0.05, 0) is 49.4 Å². The first-order chi connectivity index (χ1) is 8.79. The first-order valence-electron chi connectivity index (χ1n) is 6.71. The molecule has 1 fully saturated rings. The Morgan fingerprint density at radius 3 is 2.61 bits per heavy atom. The van der Waals surface area contributed by atoms with Gasteiger partial charge in [0.25, 0.3) is 0 Å². The van der Waals surface area contributed by atoms with Crippen LogP contribution in [0.5, 0.6) is 5.75 Å². The largest absolute Gasteiger partial charge is 0.490 e. The molecule has 1 aromatic rings. The number of rotatable bonds is 3. The number of nitrogens with zero attached hydrogens (tertiary/aromatic N) is 1. The number of nitriles is 1. The number of hydrogen-bond acceptors (Lipinski definition) is 3. The van der Waals surface area contributed by atoms with Gasteiger partial charge in [0.1, 0.15) is 5.75 Å². The number of benzene rings is 1. The highest BCUT2D eigenvalue weighted by Gasteiger charge is 2.14. The number of nitrogen functional groups attached to an aromatic ring is 1. The van der Waals surface area contributed by atoms with Crippen molar-refractivity contribution in [2.75, 3.05) is 5.73 Å². The lowest BCUT2D eigenvalue weighted by Crippen LogP contribution is -2.15. The molecule has 1 aliphatic rings. The molecule has 0 bridgehead atoms. The van der Waals surface area contributed by atoms with Crippen LogP contribution >= 0.6 is 0 Å². The van der Waals surface area contributed by atoms with Gasteiger partial charge in [-0.3, -0.25) is 0 Å². The second-order valence-electron chi connectivity index (χ2n) is 4.93. The summed E-state index contributed by atoms with van der Waals surface area (Å²) in [5, 5.41) is 8.75. The molecule has 1 saturated carbocycles. The van der Waals surface area contributed by atoms with Crippen LogP contribution in [0.4, 0.5) is 5.69 Å². The van der Waals surface area contributed by atoms with Gasteiger partial charge in [0.15, 0.2) is 0 Å². The Morgan fingerprint density at radius 1 is 1.22 bits per heavy atom. The van der Waals surface area contributed by atoms with Crippen LogP contribution in [-0.2, 0) is 6.42 Å². The van der Waals surface area contributed by atoms with Gasteiger partial charge in [-0.2, -0.15) is 5.26 Å². The minimum atomic E-state index is 0.325. The van der Waals surface area contributed by atoms with E-state index in [9.17, 15) is 0 Å². The minimum Gasteiger partial charge on any atom is -0.490 e. The van der Waals surface area contributed by atoms with E-state index >= 15 is 0 Å². The average Bonchev–Trinajstić information content (AvgIpc) is 2.62. The summed E-state index contributed by atoms with van der Waals surface area (Å²) >= 11 is 0. The lowest BCUT2D eigenvalue weighted by atomic mass is 10.1. The van der Waals surface area contributed by atoms with Crippen LogP contribution in [0.2, 0.25) is 0 Å². The molecule has 0 aromatic heterocycles. The second kappa shape index (κ2) is 6.30. The SMILES string of the molecule is N#CCc1cc(OC2CCCCCC2)ccc1N. The van der Waals surface area contributed by atoms with Crippen molar-refractivity contribution in [1.82, 2.24) is 0 Å². The van der Waals surface area contributed by atoms with Gasteiger partial charge in [-0.1, -0.05) is 12.8 Å². The summed E-state index contributed by atoms with van der Waals surface area (Å²) in [6, 6.07) is 7.77. The van der Waals surface area contributed by atoms with Crippen molar-refractivity contribution in [2.45, 2.75) is 51.0 Å². The Labute approximate surface area is 109 Å². The van der Waals surface area contributed by atoms with Crippen LogP contribution < -0.4 is 10.5 Å². The highest BCUT2D eigenvalue weighted by atomic mass is 16.5. The fourth-order valence-electron chi connectivity index (χ4n) is 2.45. The summed E-state index contributed by atoms with van der Waals surface area (Å²) in [7, 11) is 0. The van der Waals surface area contributed by atoms with E-state index in [-0.39, 0.29) is 0 Å². The van der Waals surface area contributed by atoms with Crippen LogP contribution in [0.1, 0.15) is 44.1 Å². The van der Waals surface area contributed by atoms with E-state index in [0.29, 0.717) is 18.2 Å². The predicted octanol–water partition coefficient (Wildman–Crippen LogP) is 3.44. The third kappa shape index (κ3) is 3.40. The summed E-state index contributed by atoms with van der Waals surface area (Å²) in [6.07, 6.45) is 8.09. The van der Waals surface area contributed by atoms with E-state index in [4.69, 9.17) is 15.7 Å². The van der Waals surface area contributed by atoms with E-state index in [0.717, 1.165) is 24.2 Å². The Hall–Kier alpha value is -1.69. The van der Waals surface area contributed by atoms with E-state index in [2.05, 4.69) is 6.07 Å². The van der Waals surface area contributed by atoms with Gasteiger partial charge in [-0.25, -0.2) is 0 Å². The van der Waals surface area contributed by atoms with Crippen LogP contribution in [0.25, 0.3) is 0 Å². The van der Waals surface area contributed by atoms with E-state index in [1.807, 2.05) is 18.2 Å². The van der Waals surface area contributed by atoms with Crippen molar-refractivity contribution < 1.29 is 4.74 Å². The molecule has 0 unspecified atom stereocenters. The fourth-order valence-corrected chi connectivity index (χ4v) is 2.45. The molecule has 96 valence electrons. The first kappa shape index (κ1) is 12.8. The molecule has 3 heteroatoms. The Kier molecular flexibility index (Phi) is 4.46. The quantitative estimate of drug-likeness (QED) is 0.654. The van der Waals surface area contributed by atoms with Crippen LogP contribution in [-0.4, -0.2) is 6.10 Å². The summed E-state index contributed by atoms with van der Waals surface area (Å²) in [5.41, 5.74) is 7.36. The van der Waals surface area contributed by atoms with Crippen molar-refractivity contribution in [3.8, 4) is 11.8 Å². The number of nitrogens with two attached hydrogens (primary N) is 1. The van der Waals surface area contributed by atoms with Crippen LogP contribution in [0, 0.1) is 11.3 Å². The topological polar surface area (TPSA) is 59.0 Å². The average molecular weight is 244 g/mol. The van der Waals surface area contributed by atoms with Gasteiger partial charge >= 0.3 is 0 Å². The minimum absolute atomic E-state index is 0.325. The lowest BCUT2D eigenvalue weighted by molar-refractivity contribution is 0.183. The fraction of sp³-hybridized carbons (Fsp3) is 0.533. The maximum atomic E-state index is 8.75. The molecular weight excluding hydrogens is 224 g/mol. The summed E-state index contributed by atoms with van der Waals surface area (Å²) in [6.45, 7) is 0. The third-order valence-corrected chi connectivity index (χ3v) is 3.49. The molecule has 1 aromatic carbocycles. The number of anilines is 1. The monoisotopic (exact) mass is 244 g/mol.